The Morgan fingerprint density at radius 1 is 1.23 bits per heavy atom. The molecule has 4 heteroatoms. The van der Waals surface area contributed by atoms with Gasteiger partial charge in [-0.05, 0) is 25.7 Å². The summed E-state index contributed by atoms with van der Waals surface area (Å²) in [4.78, 5) is 0. The van der Waals surface area contributed by atoms with Crippen LogP contribution >= 0.6 is 0 Å². The van der Waals surface area contributed by atoms with Crippen molar-refractivity contribution < 1.29 is 13.5 Å². The first kappa shape index (κ1) is 11.0. The van der Waals surface area contributed by atoms with Crippen molar-refractivity contribution in [1.82, 2.24) is 0 Å². The molecule has 0 heterocycles. The van der Waals surface area contributed by atoms with Crippen LogP contribution in [-0.4, -0.2) is 31.1 Å². The third-order valence-corrected chi connectivity index (χ3v) is 3.51. The van der Waals surface area contributed by atoms with Crippen LogP contribution in [0.1, 0.15) is 38.5 Å². The SMILES string of the molecule is CS(=O)(=O)CCCCCC1(O)CC1. The molecule has 1 saturated carbocycles. The molecule has 1 aliphatic rings. The van der Waals surface area contributed by atoms with Gasteiger partial charge >= 0.3 is 0 Å². The molecule has 0 unspecified atom stereocenters. The molecule has 3 nitrogen and oxygen atoms in total. The summed E-state index contributed by atoms with van der Waals surface area (Å²) in [5.41, 5.74) is -0.370. The highest BCUT2D eigenvalue weighted by atomic mass is 32.2. The van der Waals surface area contributed by atoms with Gasteiger partial charge in [0.2, 0.25) is 0 Å². The van der Waals surface area contributed by atoms with Crippen LogP contribution in [0.15, 0.2) is 0 Å². The molecule has 0 aliphatic heterocycles. The molecular weight excluding hydrogens is 188 g/mol. The van der Waals surface area contributed by atoms with E-state index in [1.54, 1.807) is 0 Å². The normalized spacial score (nSPS) is 20.2. The van der Waals surface area contributed by atoms with Gasteiger partial charge in [-0.15, -0.1) is 0 Å². The van der Waals surface area contributed by atoms with E-state index in [-0.39, 0.29) is 11.4 Å². The van der Waals surface area contributed by atoms with Gasteiger partial charge in [-0.3, -0.25) is 0 Å². The molecule has 0 saturated heterocycles. The number of rotatable bonds is 6. The highest BCUT2D eigenvalue weighted by molar-refractivity contribution is 7.90. The molecule has 1 rings (SSSR count). The summed E-state index contributed by atoms with van der Waals surface area (Å²) in [5, 5.41) is 9.47. The zero-order valence-corrected chi connectivity index (χ0v) is 8.94. The number of sulfone groups is 1. The maximum absolute atomic E-state index is 10.8. The summed E-state index contributed by atoms with van der Waals surface area (Å²) in [6.07, 6.45) is 6.56. The standard InChI is InChI=1S/C9H18O3S/c1-13(11,12)8-4-2-3-5-9(10)6-7-9/h10H,2-8H2,1H3. The Bertz CT molecular complexity index is 252. The van der Waals surface area contributed by atoms with E-state index in [1.165, 1.54) is 6.26 Å². The van der Waals surface area contributed by atoms with Crippen LogP contribution in [-0.2, 0) is 9.84 Å². The van der Waals surface area contributed by atoms with Gasteiger partial charge in [0.25, 0.3) is 0 Å². The van der Waals surface area contributed by atoms with E-state index >= 15 is 0 Å². The minimum atomic E-state index is -2.79. The minimum Gasteiger partial charge on any atom is -0.390 e. The largest absolute Gasteiger partial charge is 0.390 e. The number of hydrogen-bond acceptors (Lipinski definition) is 3. The summed E-state index contributed by atoms with van der Waals surface area (Å²) < 4.78 is 21.5. The van der Waals surface area contributed by atoms with Crippen molar-refractivity contribution in [3.8, 4) is 0 Å². The average molecular weight is 206 g/mol. The molecule has 0 aromatic rings. The van der Waals surface area contributed by atoms with Crippen molar-refractivity contribution in [3.63, 3.8) is 0 Å². The van der Waals surface area contributed by atoms with Gasteiger partial charge < -0.3 is 5.11 Å². The van der Waals surface area contributed by atoms with Crippen molar-refractivity contribution in [3.05, 3.63) is 0 Å². The van der Waals surface area contributed by atoms with Crippen LogP contribution in [0.25, 0.3) is 0 Å². The second kappa shape index (κ2) is 3.96. The molecule has 1 fully saturated rings. The lowest BCUT2D eigenvalue weighted by Gasteiger charge is -2.05. The van der Waals surface area contributed by atoms with E-state index in [2.05, 4.69) is 0 Å². The predicted octanol–water partition coefficient (Wildman–Crippen LogP) is 1.12. The summed E-state index contributed by atoms with van der Waals surface area (Å²) in [7, 11) is -2.79. The van der Waals surface area contributed by atoms with Crippen LogP contribution in [0.2, 0.25) is 0 Å². The van der Waals surface area contributed by atoms with Crippen LogP contribution in [0.3, 0.4) is 0 Å². The Morgan fingerprint density at radius 2 is 1.85 bits per heavy atom. The third kappa shape index (κ3) is 5.26. The smallest absolute Gasteiger partial charge is 0.147 e. The fourth-order valence-corrected chi connectivity index (χ4v) is 2.12. The van der Waals surface area contributed by atoms with Gasteiger partial charge in [0.05, 0.1) is 5.60 Å². The monoisotopic (exact) mass is 206 g/mol. The summed E-state index contributed by atoms with van der Waals surface area (Å²) in [6.45, 7) is 0. The average Bonchev–Trinajstić information content (AvgIpc) is 2.65. The second-order valence-electron chi connectivity index (χ2n) is 4.16. The minimum absolute atomic E-state index is 0.283. The lowest BCUT2D eigenvalue weighted by atomic mass is 10.1. The number of unbranched alkanes of at least 4 members (excludes halogenated alkanes) is 2. The van der Waals surface area contributed by atoms with E-state index in [0.717, 1.165) is 38.5 Å². The van der Waals surface area contributed by atoms with Crippen LogP contribution in [0.4, 0.5) is 0 Å². The highest BCUT2D eigenvalue weighted by Crippen LogP contribution is 2.39. The molecule has 0 amide bonds. The van der Waals surface area contributed by atoms with Gasteiger partial charge in [0.15, 0.2) is 0 Å². The highest BCUT2D eigenvalue weighted by Gasteiger charge is 2.39. The van der Waals surface area contributed by atoms with Crippen molar-refractivity contribution in [2.24, 2.45) is 0 Å². The summed E-state index contributed by atoms with van der Waals surface area (Å²) in [6, 6.07) is 0. The van der Waals surface area contributed by atoms with Crippen LogP contribution in [0, 0.1) is 0 Å². The Hall–Kier alpha value is -0.0900. The Morgan fingerprint density at radius 3 is 2.31 bits per heavy atom. The van der Waals surface area contributed by atoms with E-state index in [4.69, 9.17) is 0 Å². The van der Waals surface area contributed by atoms with E-state index in [9.17, 15) is 13.5 Å². The molecule has 78 valence electrons. The Balaban J connectivity index is 1.96. The third-order valence-electron chi connectivity index (χ3n) is 2.48. The molecule has 1 aliphatic carbocycles. The van der Waals surface area contributed by atoms with Gasteiger partial charge in [-0.1, -0.05) is 12.8 Å². The van der Waals surface area contributed by atoms with Crippen LogP contribution in [0.5, 0.6) is 0 Å². The molecule has 13 heavy (non-hydrogen) atoms. The van der Waals surface area contributed by atoms with Crippen LogP contribution < -0.4 is 0 Å². The maximum Gasteiger partial charge on any atom is 0.147 e. The molecule has 0 bridgehead atoms. The van der Waals surface area contributed by atoms with E-state index < -0.39 is 9.84 Å². The van der Waals surface area contributed by atoms with Gasteiger partial charge in [0.1, 0.15) is 9.84 Å². The fourth-order valence-electron chi connectivity index (χ4n) is 1.39. The Kier molecular flexibility index (Phi) is 3.35. The molecule has 1 N–H and O–H groups in total. The molecule has 0 radical (unpaired) electrons. The van der Waals surface area contributed by atoms with Gasteiger partial charge in [0, 0.05) is 12.0 Å². The van der Waals surface area contributed by atoms with Crippen molar-refractivity contribution in [2.45, 2.75) is 44.1 Å². The van der Waals surface area contributed by atoms with Crippen molar-refractivity contribution in [2.75, 3.05) is 12.0 Å². The van der Waals surface area contributed by atoms with Gasteiger partial charge in [-0.2, -0.15) is 0 Å². The molecule has 0 atom stereocenters. The molecular formula is C9H18O3S. The lowest BCUT2D eigenvalue weighted by Crippen LogP contribution is -2.07. The molecule has 0 spiro atoms. The summed E-state index contributed by atoms with van der Waals surface area (Å²) in [5.74, 6) is 0.283. The maximum atomic E-state index is 10.8. The predicted molar refractivity (Wildman–Crippen MR) is 52.4 cm³/mol. The van der Waals surface area contributed by atoms with Crippen molar-refractivity contribution >= 4 is 9.84 Å². The summed E-state index contributed by atoms with van der Waals surface area (Å²) >= 11 is 0. The van der Waals surface area contributed by atoms with Gasteiger partial charge in [-0.25, -0.2) is 8.42 Å². The van der Waals surface area contributed by atoms with E-state index in [0.29, 0.717) is 0 Å². The zero-order chi connectivity index (χ0) is 9.95. The first-order valence-corrected chi connectivity index (χ1v) is 6.88. The molecule has 0 aromatic carbocycles. The quantitative estimate of drug-likeness (QED) is 0.662. The second-order valence-corrected chi connectivity index (χ2v) is 6.42. The lowest BCUT2D eigenvalue weighted by molar-refractivity contribution is 0.136. The first-order valence-electron chi connectivity index (χ1n) is 4.81. The Labute approximate surface area is 80.1 Å². The molecule has 0 aromatic heterocycles. The fraction of sp³-hybridized carbons (Fsp3) is 1.00. The topological polar surface area (TPSA) is 54.4 Å². The number of hydrogen-bond donors (Lipinski definition) is 1. The number of aliphatic hydroxyl groups is 1. The van der Waals surface area contributed by atoms with E-state index in [1.807, 2.05) is 0 Å². The van der Waals surface area contributed by atoms with Crippen molar-refractivity contribution in [1.29, 1.82) is 0 Å². The zero-order valence-electron chi connectivity index (χ0n) is 8.12. The first-order chi connectivity index (χ1) is 5.91.